The van der Waals surface area contributed by atoms with E-state index in [0.717, 1.165) is 18.5 Å². The summed E-state index contributed by atoms with van der Waals surface area (Å²) in [7, 11) is 1.76. The van der Waals surface area contributed by atoms with Gasteiger partial charge in [0.25, 0.3) is 0 Å². The molecule has 0 bridgehead atoms. The number of hydrogen-bond acceptors (Lipinski definition) is 3. The summed E-state index contributed by atoms with van der Waals surface area (Å²) in [5, 5.41) is 7.69. The van der Waals surface area contributed by atoms with Gasteiger partial charge < -0.3 is 0 Å². The average molecular weight is 151 g/mol. The van der Waals surface area contributed by atoms with Gasteiger partial charge in [0, 0.05) is 13.5 Å². The maximum Gasteiger partial charge on any atom is 0.182 e. The van der Waals surface area contributed by atoms with Crippen molar-refractivity contribution in [2.24, 2.45) is 7.05 Å². The molecule has 0 unspecified atom stereocenters. The van der Waals surface area contributed by atoms with Crippen molar-refractivity contribution in [2.45, 2.75) is 19.3 Å². The molecule has 0 aliphatic heterocycles. The third kappa shape index (κ3) is 0.859. The summed E-state index contributed by atoms with van der Waals surface area (Å²) in [4.78, 5) is 11.3. The molecule has 0 spiro atoms. The predicted molar refractivity (Wildman–Crippen MR) is 38.3 cm³/mol. The normalized spacial score (nSPS) is 16.6. The summed E-state index contributed by atoms with van der Waals surface area (Å²) in [6.45, 7) is 0. The van der Waals surface area contributed by atoms with Gasteiger partial charge >= 0.3 is 0 Å². The molecule has 1 heterocycles. The molecule has 0 fully saturated rings. The molecule has 1 aromatic rings. The Morgan fingerprint density at radius 3 is 3.00 bits per heavy atom. The minimum atomic E-state index is 0.179. The van der Waals surface area contributed by atoms with Crippen molar-refractivity contribution >= 4 is 5.78 Å². The van der Waals surface area contributed by atoms with E-state index in [1.165, 1.54) is 0 Å². The van der Waals surface area contributed by atoms with Crippen molar-refractivity contribution in [3.63, 3.8) is 0 Å². The lowest BCUT2D eigenvalue weighted by Crippen LogP contribution is -2.13. The second-order valence-electron chi connectivity index (χ2n) is 2.79. The molecule has 4 heteroatoms. The minimum absolute atomic E-state index is 0.179. The molecular weight excluding hydrogens is 142 g/mol. The zero-order chi connectivity index (χ0) is 7.84. The molecule has 0 aromatic carbocycles. The van der Waals surface area contributed by atoms with Gasteiger partial charge in [-0.3, -0.25) is 4.79 Å². The largest absolute Gasteiger partial charge is 0.292 e. The first-order valence-corrected chi connectivity index (χ1v) is 3.71. The number of carbonyl (C=O) groups excluding carboxylic acids is 1. The standard InChI is InChI=1S/C7H9N3O/c1-10-7-5(8-9-10)3-2-4-6(7)11/h2-4H2,1H3. The van der Waals surface area contributed by atoms with Crippen molar-refractivity contribution in [3.8, 4) is 0 Å². The molecule has 0 radical (unpaired) electrons. The van der Waals surface area contributed by atoms with Gasteiger partial charge in [0.2, 0.25) is 0 Å². The third-order valence-corrected chi connectivity index (χ3v) is 1.98. The Balaban J connectivity index is 2.56. The lowest BCUT2D eigenvalue weighted by molar-refractivity contribution is 0.0963. The first-order chi connectivity index (χ1) is 5.29. The summed E-state index contributed by atoms with van der Waals surface area (Å²) in [5.74, 6) is 0.179. The van der Waals surface area contributed by atoms with E-state index in [2.05, 4.69) is 10.3 Å². The fourth-order valence-electron chi connectivity index (χ4n) is 1.44. The lowest BCUT2D eigenvalue weighted by Gasteiger charge is -2.07. The molecule has 4 nitrogen and oxygen atoms in total. The third-order valence-electron chi connectivity index (χ3n) is 1.98. The molecule has 0 atom stereocenters. The Bertz CT molecular complexity index is 303. The van der Waals surface area contributed by atoms with Crippen LogP contribution in [0.2, 0.25) is 0 Å². The van der Waals surface area contributed by atoms with Gasteiger partial charge in [-0.1, -0.05) is 5.21 Å². The number of nitrogens with zero attached hydrogens (tertiary/aromatic N) is 3. The lowest BCUT2D eigenvalue weighted by atomic mass is 10.00. The highest BCUT2D eigenvalue weighted by atomic mass is 16.1. The summed E-state index contributed by atoms with van der Waals surface area (Å²) in [6.07, 6.45) is 2.47. The summed E-state index contributed by atoms with van der Waals surface area (Å²) in [5.41, 5.74) is 1.57. The van der Waals surface area contributed by atoms with E-state index >= 15 is 0 Å². The smallest absolute Gasteiger partial charge is 0.182 e. The topological polar surface area (TPSA) is 47.8 Å². The number of aryl methyl sites for hydroxylation is 2. The van der Waals surface area contributed by atoms with E-state index in [-0.39, 0.29) is 5.78 Å². The van der Waals surface area contributed by atoms with E-state index < -0.39 is 0 Å². The molecule has 1 aromatic heterocycles. The monoisotopic (exact) mass is 151 g/mol. The van der Waals surface area contributed by atoms with Gasteiger partial charge in [-0.15, -0.1) is 5.10 Å². The number of aromatic nitrogens is 3. The van der Waals surface area contributed by atoms with Gasteiger partial charge in [0.05, 0.1) is 5.69 Å². The van der Waals surface area contributed by atoms with E-state index in [1.54, 1.807) is 11.7 Å². The number of Topliss-reactive ketones (excluding diaryl/α,β-unsaturated/α-hetero) is 1. The highest BCUT2D eigenvalue weighted by Crippen LogP contribution is 2.17. The Kier molecular flexibility index (Phi) is 1.27. The molecule has 0 N–H and O–H groups in total. The fourth-order valence-corrected chi connectivity index (χ4v) is 1.44. The molecule has 1 aliphatic carbocycles. The van der Waals surface area contributed by atoms with Crippen molar-refractivity contribution in [3.05, 3.63) is 11.4 Å². The zero-order valence-corrected chi connectivity index (χ0v) is 6.37. The Morgan fingerprint density at radius 1 is 1.45 bits per heavy atom. The molecule has 58 valence electrons. The molecule has 2 rings (SSSR count). The van der Waals surface area contributed by atoms with Crippen LogP contribution in [0.4, 0.5) is 0 Å². The van der Waals surface area contributed by atoms with E-state index in [0.29, 0.717) is 12.1 Å². The molecule has 0 amide bonds. The Labute approximate surface area is 64.2 Å². The summed E-state index contributed by atoms with van der Waals surface area (Å²) >= 11 is 0. The van der Waals surface area contributed by atoms with Crippen LogP contribution in [0.15, 0.2) is 0 Å². The van der Waals surface area contributed by atoms with Gasteiger partial charge in [-0.05, 0) is 12.8 Å². The van der Waals surface area contributed by atoms with Crippen LogP contribution in [0.25, 0.3) is 0 Å². The van der Waals surface area contributed by atoms with Crippen LogP contribution in [0.1, 0.15) is 29.0 Å². The van der Waals surface area contributed by atoms with Crippen LogP contribution in [-0.4, -0.2) is 20.8 Å². The molecular formula is C7H9N3O. The summed E-state index contributed by atoms with van der Waals surface area (Å²) in [6, 6.07) is 0. The second-order valence-corrected chi connectivity index (χ2v) is 2.79. The van der Waals surface area contributed by atoms with Crippen LogP contribution in [0.3, 0.4) is 0 Å². The first kappa shape index (κ1) is 6.52. The Morgan fingerprint density at radius 2 is 2.27 bits per heavy atom. The first-order valence-electron chi connectivity index (χ1n) is 3.71. The number of fused-ring (bicyclic) bond motifs is 1. The van der Waals surface area contributed by atoms with Gasteiger partial charge in [-0.25, -0.2) is 4.68 Å². The van der Waals surface area contributed by atoms with E-state index in [1.807, 2.05) is 0 Å². The molecule has 0 saturated carbocycles. The van der Waals surface area contributed by atoms with Crippen LogP contribution in [0, 0.1) is 0 Å². The van der Waals surface area contributed by atoms with E-state index in [4.69, 9.17) is 0 Å². The van der Waals surface area contributed by atoms with Crippen LogP contribution < -0.4 is 0 Å². The van der Waals surface area contributed by atoms with Gasteiger partial charge in [-0.2, -0.15) is 0 Å². The maximum absolute atomic E-state index is 11.3. The second kappa shape index (κ2) is 2.15. The van der Waals surface area contributed by atoms with Crippen molar-refractivity contribution in [1.29, 1.82) is 0 Å². The van der Waals surface area contributed by atoms with Crippen molar-refractivity contribution < 1.29 is 4.79 Å². The van der Waals surface area contributed by atoms with Crippen molar-refractivity contribution in [1.82, 2.24) is 15.0 Å². The predicted octanol–water partition coefficient (Wildman–Crippen LogP) is 0.334. The molecule has 11 heavy (non-hydrogen) atoms. The average Bonchev–Trinajstić information content (AvgIpc) is 2.34. The highest BCUT2D eigenvalue weighted by Gasteiger charge is 2.22. The Hall–Kier alpha value is -1.19. The number of carbonyl (C=O) groups is 1. The SMILES string of the molecule is Cn1nnc2c1C(=O)CCC2. The van der Waals surface area contributed by atoms with Crippen LogP contribution in [0.5, 0.6) is 0 Å². The van der Waals surface area contributed by atoms with Gasteiger partial charge in [0.1, 0.15) is 5.69 Å². The summed E-state index contributed by atoms with van der Waals surface area (Å²) < 4.78 is 1.57. The molecule has 0 saturated heterocycles. The number of hydrogen-bond donors (Lipinski definition) is 0. The fraction of sp³-hybridized carbons (Fsp3) is 0.571. The maximum atomic E-state index is 11.3. The van der Waals surface area contributed by atoms with Gasteiger partial charge in [0.15, 0.2) is 5.78 Å². The van der Waals surface area contributed by atoms with Crippen LogP contribution >= 0.6 is 0 Å². The molecule has 1 aliphatic rings. The minimum Gasteiger partial charge on any atom is -0.292 e. The van der Waals surface area contributed by atoms with E-state index in [9.17, 15) is 4.79 Å². The number of rotatable bonds is 0. The zero-order valence-electron chi connectivity index (χ0n) is 6.37. The highest BCUT2D eigenvalue weighted by molar-refractivity contribution is 5.96. The quantitative estimate of drug-likeness (QED) is 0.537. The van der Waals surface area contributed by atoms with Crippen molar-refractivity contribution in [2.75, 3.05) is 0 Å². The van der Waals surface area contributed by atoms with Crippen LogP contribution in [-0.2, 0) is 13.5 Å². The number of ketones is 1.